The summed E-state index contributed by atoms with van der Waals surface area (Å²) in [5.41, 5.74) is 4.55. The van der Waals surface area contributed by atoms with E-state index in [0.29, 0.717) is 45.7 Å². The molecule has 4 aliphatic rings. The number of aromatic nitrogens is 3. The van der Waals surface area contributed by atoms with Gasteiger partial charge in [0.05, 0.1) is 64.8 Å². The molecule has 0 saturated carbocycles. The number of alkyl halides is 1. The van der Waals surface area contributed by atoms with Gasteiger partial charge in [-0.1, -0.05) is 57.2 Å². The number of piperidine rings is 1. The minimum Gasteiger partial charge on any atom is -0.754 e. The number of aliphatic hydroxyl groups excluding tert-OH is 2. The van der Waals surface area contributed by atoms with Crippen LogP contribution in [0.5, 0.6) is 0 Å². The number of likely N-dealkylation sites (tertiary alicyclic amines) is 1. The van der Waals surface area contributed by atoms with Crippen LogP contribution in [0.15, 0.2) is 84.6 Å². The van der Waals surface area contributed by atoms with Gasteiger partial charge in [0.25, 0.3) is 0 Å². The lowest BCUT2D eigenvalue weighted by atomic mass is 9.85. The molecule has 1 unspecified atom stereocenters. The second-order valence-corrected chi connectivity index (χ2v) is 24.8. The number of hydrazine groups is 1. The highest BCUT2D eigenvalue weighted by molar-refractivity contribution is 7.80. The molecule has 4 saturated heterocycles. The highest BCUT2D eigenvalue weighted by atomic mass is 32.2. The minimum atomic E-state index is -3.09. The van der Waals surface area contributed by atoms with Crippen LogP contribution in [0.4, 0.5) is 24.5 Å². The molecule has 0 spiro atoms. The number of amides is 3. The van der Waals surface area contributed by atoms with Crippen LogP contribution in [-0.2, 0) is 32.3 Å². The van der Waals surface area contributed by atoms with Crippen molar-refractivity contribution in [3.63, 3.8) is 0 Å². The number of halogens is 3. The molecule has 6 atom stereocenters. The van der Waals surface area contributed by atoms with Crippen LogP contribution in [0.2, 0.25) is 0 Å². The van der Waals surface area contributed by atoms with E-state index in [4.69, 9.17) is 0 Å². The van der Waals surface area contributed by atoms with Crippen LogP contribution in [0.1, 0.15) is 86.6 Å². The molecule has 0 aliphatic carbocycles. The van der Waals surface area contributed by atoms with Crippen LogP contribution in [0.25, 0.3) is 32.6 Å². The molecule has 4 aliphatic heterocycles. The molecular weight excluding hydrogens is 1110 g/mol. The van der Waals surface area contributed by atoms with E-state index in [1.54, 1.807) is 17.8 Å². The number of carbonyl (C=O) groups excluding carboxylic acids is 4. The summed E-state index contributed by atoms with van der Waals surface area (Å²) in [6, 6.07) is 16.8. The number of ketones is 1. The number of piperazine rings is 1. The van der Waals surface area contributed by atoms with Crippen molar-refractivity contribution in [3.8, 4) is 21.6 Å². The Bertz CT molecular complexity index is 3350. The largest absolute Gasteiger partial charge is 0.754 e. The van der Waals surface area contributed by atoms with Crippen LogP contribution in [0.3, 0.4) is 0 Å². The minimum absolute atomic E-state index is 0.0158. The van der Waals surface area contributed by atoms with Crippen molar-refractivity contribution in [1.29, 1.82) is 0 Å². The van der Waals surface area contributed by atoms with E-state index >= 15 is 8.78 Å². The van der Waals surface area contributed by atoms with Crippen molar-refractivity contribution in [2.45, 2.75) is 90.4 Å². The molecule has 10 rings (SSSR count). The Balaban J connectivity index is 0.686. The fourth-order valence-electron chi connectivity index (χ4n) is 11.8. The number of benzene rings is 3. The lowest BCUT2D eigenvalue weighted by Gasteiger charge is -2.39. The van der Waals surface area contributed by atoms with Crippen LogP contribution < -0.4 is 19.9 Å². The number of rotatable bonds is 18. The molecule has 6 aromatic rings. The van der Waals surface area contributed by atoms with Gasteiger partial charge in [0.15, 0.2) is 5.82 Å². The van der Waals surface area contributed by atoms with Gasteiger partial charge >= 0.3 is 0 Å². The second-order valence-electron chi connectivity index (χ2n) is 23.2. The van der Waals surface area contributed by atoms with E-state index in [9.17, 15) is 42.5 Å². The van der Waals surface area contributed by atoms with Gasteiger partial charge in [-0.05, 0) is 84.5 Å². The lowest BCUT2D eigenvalue weighted by molar-refractivity contribution is -0.144. The highest BCUT2D eigenvalue weighted by Gasteiger charge is 2.45. The zero-order chi connectivity index (χ0) is 58.9. The first-order valence-electron chi connectivity index (χ1n) is 28.0. The number of nitrogens with zero attached hydrogens (tertiary/aromatic N) is 8. The molecule has 3 aromatic heterocycles. The summed E-state index contributed by atoms with van der Waals surface area (Å²) in [5.74, 6) is -4.19. The van der Waals surface area contributed by atoms with Gasteiger partial charge in [-0.3, -0.25) is 28.3 Å². The molecule has 442 valence electrons. The zero-order valence-electron chi connectivity index (χ0n) is 46.7. The average Bonchev–Trinajstić information content (AvgIpc) is 4.45. The first kappa shape index (κ1) is 59.5. The van der Waals surface area contributed by atoms with Gasteiger partial charge in [0.1, 0.15) is 35.4 Å². The second kappa shape index (κ2) is 25.3. The number of hydrogen-bond acceptors (Lipinski definition) is 15. The summed E-state index contributed by atoms with van der Waals surface area (Å²) >= 11 is -1.65. The SMILES string of the molecule is C[C@H](NC(=O)[C@@H]1C[C@@H](O)CN1C(=O)[C@@H](NC(=O)CN1CCN(CC2CCN(c3ccc(-c4cnc5[nH]cc(C(=O)c6c(F)ccc(N(N7CC[C@@H](F)C7)S(=O)[O-])c6F)c5c4)cc3)CC2)CC1)C(C)(C)C)c1ccc(-c2scnc2CO)cc1. The number of nitrogens with one attached hydrogen (secondary N) is 3. The van der Waals surface area contributed by atoms with E-state index in [2.05, 4.69) is 40.3 Å². The molecule has 19 nitrogen and oxygen atoms in total. The topological polar surface area (TPSA) is 234 Å². The third kappa shape index (κ3) is 13.2. The summed E-state index contributed by atoms with van der Waals surface area (Å²) in [6.45, 7) is 12.7. The third-order valence-corrected chi connectivity index (χ3v) is 18.0. The number of carbonyl (C=O) groups is 4. The Hall–Kier alpha value is -6.64. The standard InChI is InChI=1S/C59H70F3N11O8S2/c1-35(37-5-7-39(8-6-37)54-47(33-74)65-34-82-54)66-57(78)49-26-43(75)31-72(49)58(79)55(59(2,3)4)67-50(76)32-69-23-21-68(22-24-69)29-36-15-18-70(19-16-36)42-11-9-38(10-12-42)40-25-44-45(28-64-56(44)63-27-40)53(77)51-46(61)13-14-48(52(51)62)73(83(80)81)71-20-17-41(60)30-71/h5-14,25,27-28,34-36,41,43,49,55,74-75H,15-24,26,29-33H2,1-4H3,(H,63,64)(H,66,78)(H,67,76)(H,80,81)/p-1/t35-,41+,43+,49-,55+/m0/s1. The lowest BCUT2D eigenvalue weighted by Crippen LogP contribution is -2.59. The molecule has 0 radical (unpaired) electrons. The fourth-order valence-corrected chi connectivity index (χ4v) is 13.2. The summed E-state index contributed by atoms with van der Waals surface area (Å²) in [4.78, 5) is 76.5. The Labute approximate surface area is 486 Å². The average molecular weight is 1180 g/mol. The first-order chi connectivity index (χ1) is 39.7. The molecule has 7 heterocycles. The monoisotopic (exact) mass is 1180 g/mol. The maximum absolute atomic E-state index is 16.1. The highest BCUT2D eigenvalue weighted by Crippen LogP contribution is 2.35. The van der Waals surface area contributed by atoms with E-state index in [0.717, 1.165) is 90.0 Å². The number of pyridine rings is 1. The van der Waals surface area contributed by atoms with Gasteiger partial charge in [-0.15, -0.1) is 11.3 Å². The normalized spacial score (nSPS) is 20.6. The smallest absolute Gasteiger partial charge is 0.246 e. The molecule has 5 N–H and O–H groups in total. The number of β-amino-alcohol motifs (C(OH)–C–C–N with tert-alkyl or cyclic N) is 1. The van der Waals surface area contributed by atoms with Crippen molar-refractivity contribution in [2.24, 2.45) is 11.3 Å². The van der Waals surface area contributed by atoms with E-state index in [1.165, 1.54) is 22.4 Å². The number of H-pyrrole nitrogens is 1. The van der Waals surface area contributed by atoms with Gasteiger partial charge in [0.2, 0.25) is 23.5 Å². The van der Waals surface area contributed by atoms with Crippen molar-refractivity contribution < 1.29 is 51.3 Å². The molecule has 83 heavy (non-hydrogen) atoms. The van der Waals surface area contributed by atoms with Crippen molar-refractivity contribution in [1.82, 2.24) is 45.3 Å². The van der Waals surface area contributed by atoms with E-state index < -0.39 is 87.6 Å². The van der Waals surface area contributed by atoms with Gasteiger partial charge in [-0.2, -0.15) is 0 Å². The summed E-state index contributed by atoms with van der Waals surface area (Å²) in [7, 11) is 0. The summed E-state index contributed by atoms with van der Waals surface area (Å²) in [5, 5.41) is 27.9. The maximum Gasteiger partial charge on any atom is 0.246 e. The van der Waals surface area contributed by atoms with Crippen LogP contribution in [0, 0.1) is 23.0 Å². The van der Waals surface area contributed by atoms with Crippen molar-refractivity contribution in [2.75, 3.05) is 81.3 Å². The quantitative estimate of drug-likeness (QED) is 0.0482. The molecular formula is C59H69F3N11O8S2-. The predicted molar refractivity (Wildman–Crippen MR) is 309 cm³/mol. The van der Waals surface area contributed by atoms with Gasteiger partial charge in [-0.25, -0.2) is 32.6 Å². The van der Waals surface area contributed by atoms with E-state index in [-0.39, 0.29) is 57.1 Å². The number of aliphatic hydroxyl groups is 2. The predicted octanol–water partition coefficient (Wildman–Crippen LogP) is 6.12. The Morgan fingerprint density at radius 3 is 2.25 bits per heavy atom. The Kier molecular flexibility index (Phi) is 18.1. The Morgan fingerprint density at radius 1 is 0.892 bits per heavy atom. The molecule has 3 amide bonds. The first-order valence-corrected chi connectivity index (χ1v) is 30.0. The Morgan fingerprint density at radius 2 is 1.59 bits per heavy atom. The molecule has 24 heteroatoms. The maximum atomic E-state index is 16.1. The summed E-state index contributed by atoms with van der Waals surface area (Å²) < 4.78 is 70.4. The number of anilines is 2. The zero-order valence-corrected chi connectivity index (χ0v) is 48.4. The van der Waals surface area contributed by atoms with Gasteiger partial charge < -0.3 is 45.1 Å². The van der Waals surface area contributed by atoms with Crippen LogP contribution >= 0.6 is 11.3 Å². The summed E-state index contributed by atoms with van der Waals surface area (Å²) in [6.07, 6.45) is 2.81. The molecule has 4 fully saturated rings. The number of fused-ring (bicyclic) bond motifs is 1. The third-order valence-electron chi connectivity index (χ3n) is 16.4. The molecule has 3 aromatic carbocycles. The number of thiazole rings is 1. The molecule has 0 bridgehead atoms. The van der Waals surface area contributed by atoms with Crippen molar-refractivity contribution in [3.05, 3.63) is 119 Å². The van der Waals surface area contributed by atoms with Gasteiger partial charge in [0, 0.05) is 99.9 Å². The number of hydrogen-bond donors (Lipinski definition) is 5. The van der Waals surface area contributed by atoms with Crippen LogP contribution in [-0.4, -0.2) is 173 Å². The van der Waals surface area contributed by atoms with Crippen molar-refractivity contribution >= 4 is 68.5 Å². The number of aromatic amines is 1. The van der Waals surface area contributed by atoms with E-state index in [1.807, 2.05) is 76.2 Å². The fraction of sp³-hybridized carbons (Fsp3) is 0.458.